The minimum atomic E-state index is 0.179. The number of ether oxygens (including phenoxy) is 1. The van der Waals surface area contributed by atoms with Gasteiger partial charge in [-0.2, -0.15) is 0 Å². The van der Waals surface area contributed by atoms with E-state index in [1.165, 1.54) is 18.4 Å². The molecule has 1 aromatic carbocycles. The van der Waals surface area contributed by atoms with E-state index in [0.29, 0.717) is 12.5 Å². The highest BCUT2D eigenvalue weighted by Crippen LogP contribution is 2.27. The third-order valence-electron chi connectivity index (χ3n) is 5.52. The van der Waals surface area contributed by atoms with Gasteiger partial charge in [0, 0.05) is 38.6 Å². The molecule has 154 valence electrons. The van der Waals surface area contributed by atoms with Crippen LogP contribution in [-0.2, 0) is 11.3 Å². The minimum Gasteiger partial charge on any atom is -0.491 e. The average Bonchev–Trinajstić information content (AvgIpc) is 3.37. The van der Waals surface area contributed by atoms with Crippen LogP contribution in [0.25, 0.3) is 0 Å². The topological polar surface area (TPSA) is 66.0 Å². The molecule has 28 heavy (non-hydrogen) atoms. The number of hydrogen-bond donors (Lipinski definition) is 2. The van der Waals surface area contributed by atoms with Crippen LogP contribution in [0.5, 0.6) is 5.75 Å². The summed E-state index contributed by atoms with van der Waals surface area (Å²) in [6, 6.07) is 8.39. The van der Waals surface area contributed by atoms with Gasteiger partial charge in [-0.05, 0) is 50.8 Å². The number of aliphatic imine (C=N–C) groups is 1. The Labute approximate surface area is 168 Å². The number of carbonyl (C=O) groups excluding carboxylic acids is 1. The fourth-order valence-electron chi connectivity index (χ4n) is 4.04. The molecule has 2 aliphatic rings. The smallest absolute Gasteiger partial charge is 0.225 e. The van der Waals surface area contributed by atoms with E-state index in [0.717, 1.165) is 44.1 Å². The van der Waals surface area contributed by atoms with E-state index >= 15 is 0 Å². The highest BCUT2D eigenvalue weighted by molar-refractivity contribution is 5.81. The van der Waals surface area contributed by atoms with Crippen LogP contribution in [0.1, 0.15) is 51.5 Å². The predicted molar refractivity (Wildman–Crippen MR) is 112 cm³/mol. The van der Waals surface area contributed by atoms with Gasteiger partial charge in [-0.1, -0.05) is 25.0 Å². The maximum atomic E-state index is 12.6. The third kappa shape index (κ3) is 5.63. The molecule has 1 saturated heterocycles. The average molecular weight is 387 g/mol. The quantitative estimate of drug-likeness (QED) is 0.583. The van der Waals surface area contributed by atoms with E-state index in [1.807, 2.05) is 30.9 Å². The van der Waals surface area contributed by atoms with Gasteiger partial charge in [0.15, 0.2) is 5.96 Å². The summed E-state index contributed by atoms with van der Waals surface area (Å²) in [5.74, 6) is 2.29. The van der Waals surface area contributed by atoms with Crippen molar-refractivity contribution in [3.63, 3.8) is 0 Å². The molecule has 0 radical (unpaired) electrons. The summed E-state index contributed by atoms with van der Waals surface area (Å²) in [4.78, 5) is 19.0. The maximum Gasteiger partial charge on any atom is 0.225 e. The molecule has 1 atom stereocenters. The molecular weight excluding hydrogens is 352 g/mol. The standard InChI is InChI=1S/C22H34N4O2/c1-16(2)28-20-10-8-17(9-11-20)14-24-22(23-3)25-19-12-13-26(15-19)21(27)18-6-4-5-7-18/h8-11,16,18-19H,4-7,12-15H2,1-3H3,(H2,23,24,25). The van der Waals surface area contributed by atoms with E-state index in [2.05, 4.69) is 27.8 Å². The Kier molecular flexibility index (Phi) is 7.18. The molecule has 1 aliphatic carbocycles. The van der Waals surface area contributed by atoms with Gasteiger partial charge in [-0.15, -0.1) is 0 Å². The molecule has 6 heteroatoms. The van der Waals surface area contributed by atoms with E-state index < -0.39 is 0 Å². The summed E-state index contributed by atoms with van der Waals surface area (Å²) in [5, 5.41) is 6.84. The first-order chi connectivity index (χ1) is 13.5. The van der Waals surface area contributed by atoms with Crippen LogP contribution in [0, 0.1) is 5.92 Å². The van der Waals surface area contributed by atoms with E-state index in [4.69, 9.17) is 4.74 Å². The fraction of sp³-hybridized carbons (Fsp3) is 0.636. The van der Waals surface area contributed by atoms with Gasteiger partial charge in [0.25, 0.3) is 0 Å². The van der Waals surface area contributed by atoms with Crippen molar-refractivity contribution in [3.05, 3.63) is 29.8 Å². The highest BCUT2D eigenvalue weighted by atomic mass is 16.5. The monoisotopic (exact) mass is 386 g/mol. The van der Waals surface area contributed by atoms with Crippen molar-refractivity contribution in [1.82, 2.24) is 15.5 Å². The number of guanidine groups is 1. The summed E-state index contributed by atoms with van der Waals surface area (Å²) in [5.41, 5.74) is 1.17. The number of carbonyl (C=O) groups is 1. The first kappa shape index (κ1) is 20.5. The molecule has 1 amide bonds. The largest absolute Gasteiger partial charge is 0.491 e. The number of hydrogen-bond acceptors (Lipinski definition) is 3. The lowest BCUT2D eigenvalue weighted by molar-refractivity contribution is -0.134. The Hall–Kier alpha value is -2.24. The zero-order chi connectivity index (χ0) is 19.9. The van der Waals surface area contributed by atoms with Crippen molar-refractivity contribution in [2.75, 3.05) is 20.1 Å². The summed E-state index contributed by atoms with van der Waals surface area (Å²) < 4.78 is 5.68. The lowest BCUT2D eigenvalue weighted by atomic mass is 10.1. The first-order valence-electron chi connectivity index (χ1n) is 10.6. The van der Waals surface area contributed by atoms with E-state index in [1.54, 1.807) is 7.05 Å². The van der Waals surface area contributed by atoms with Crippen molar-refractivity contribution in [2.24, 2.45) is 10.9 Å². The number of amides is 1. The van der Waals surface area contributed by atoms with Crippen LogP contribution in [0.2, 0.25) is 0 Å². The van der Waals surface area contributed by atoms with Crippen molar-refractivity contribution < 1.29 is 9.53 Å². The third-order valence-corrected chi connectivity index (χ3v) is 5.52. The zero-order valence-corrected chi connectivity index (χ0v) is 17.4. The van der Waals surface area contributed by atoms with Gasteiger partial charge in [-0.25, -0.2) is 0 Å². The Morgan fingerprint density at radius 1 is 1.21 bits per heavy atom. The van der Waals surface area contributed by atoms with Crippen molar-refractivity contribution in [3.8, 4) is 5.75 Å². The van der Waals surface area contributed by atoms with Gasteiger partial charge >= 0.3 is 0 Å². The summed E-state index contributed by atoms with van der Waals surface area (Å²) in [7, 11) is 1.78. The normalized spacial score (nSPS) is 20.6. The number of benzene rings is 1. The zero-order valence-electron chi connectivity index (χ0n) is 17.4. The van der Waals surface area contributed by atoms with Crippen molar-refractivity contribution in [2.45, 2.75) is 64.6 Å². The maximum absolute atomic E-state index is 12.6. The van der Waals surface area contributed by atoms with Gasteiger partial charge in [0.1, 0.15) is 5.75 Å². The first-order valence-corrected chi connectivity index (χ1v) is 10.6. The number of likely N-dealkylation sites (tertiary alicyclic amines) is 1. The van der Waals surface area contributed by atoms with E-state index in [9.17, 15) is 4.79 Å². The lowest BCUT2D eigenvalue weighted by Gasteiger charge is -2.21. The molecule has 0 bridgehead atoms. The van der Waals surface area contributed by atoms with Crippen LogP contribution in [0.15, 0.2) is 29.3 Å². The Morgan fingerprint density at radius 2 is 1.93 bits per heavy atom. The molecular formula is C22H34N4O2. The molecule has 2 N–H and O–H groups in total. The molecule has 2 fully saturated rings. The number of rotatable bonds is 6. The predicted octanol–water partition coefficient (Wildman–Crippen LogP) is 2.93. The molecule has 1 unspecified atom stereocenters. The van der Waals surface area contributed by atoms with Crippen LogP contribution < -0.4 is 15.4 Å². The Bertz CT molecular complexity index is 666. The number of nitrogens with zero attached hydrogens (tertiary/aromatic N) is 2. The molecule has 1 saturated carbocycles. The molecule has 3 rings (SSSR count). The van der Waals surface area contributed by atoms with E-state index in [-0.39, 0.29) is 18.1 Å². The molecule has 1 aromatic rings. The fourth-order valence-corrected chi connectivity index (χ4v) is 4.04. The molecule has 1 heterocycles. The van der Waals surface area contributed by atoms with Gasteiger partial charge < -0.3 is 20.3 Å². The van der Waals surface area contributed by atoms with Crippen LogP contribution in [0.4, 0.5) is 0 Å². The summed E-state index contributed by atoms with van der Waals surface area (Å²) >= 11 is 0. The number of nitrogens with one attached hydrogen (secondary N) is 2. The second-order valence-electron chi connectivity index (χ2n) is 8.13. The summed E-state index contributed by atoms with van der Waals surface area (Å²) in [6.45, 7) is 6.37. The van der Waals surface area contributed by atoms with Crippen molar-refractivity contribution >= 4 is 11.9 Å². The lowest BCUT2D eigenvalue weighted by Crippen LogP contribution is -2.45. The second kappa shape index (κ2) is 9.80. The van der Waals surface area contributed by atoms with Crippen LogP contribution >= 0.6 is 0 Å². The molecule has 0 aromatic heterocycles. The molecule has 6 nitrogen and oxygen atoms in total. The van der Waals surface area contributed by atoms with Gasteiger partial charge in [0.2, 0.25) is 5.91 Å². The molecule has 1 aliphatic heterocycles. The molecule has 0 spiro atoms. The van der Waals surface area contributed by atoms with Crippen LogP contribution in [-0.4, -0.2) is 49.0 Å². The Balaban J connectivity index is 1.44. The second-order valence-corrected chi connectivity index (χ2v) is 8.13. The van der Waals surface area contributed by atoms with Crippen LogP contribution in [0.3, 0.4) is 0 Å². The van der Waals surface area contributed by atoms with Gasteiger partial charge in [-0.3, -0.25) is 9.79 Å². The Morgan fingerprint density at radius 3 is 2.57 bits per heavy atom. The van der Waals surface area contributed by atoms with Gasteiger partial charge in [0.05, 0.1) is 6.10 Å². The highest BCUT2D eigenvalue weighted by Gasteiger charge is 2.32. The minimum absolute atomic E-state index is 0.179. The summed E-state index contributed by atoms with van der Waals surface area (Å²) in [6.07, 6.45) is 5.69. The SMILES string of the molecule is CN=C(NCc1ccc(OC(C)C)cc1)NC1CCN(C(=O)C2CCCC2)C1. The van der Waals surface area contributed by atoms with Crippen molar-refractivity contribution in [1.29, 1.82) is 0 Å².